The van der Waals surface area contributed by atoms with Crippen molar-refractivity contribution in [2.24, 2.45) is 5.73 Å². The molecule has 0 fully saturated rings. The number of guanidine groups is 1. The van der Waals surface area contributed by atoms with E-state index in [0.29, 0.717) is 12.2 Å². The van der Waals surface area contributed by atoms with Gasteiger partial charge in [-0.2, -0.15) is 0 Å². The predicted molar refractivity (Wildman–Crippen MR) is 116 cm³/mol. The SMILES string of the molecule is Cc1c(C)c2c(c(C)c1O)CCC(C)(CCCC(CCC(=O)O)NC(=N)N)O2.Cl. The van der Waals surface area contributed by atoms with Crippen molar-refractivity contribution >= 4 is 24.3 Å². The zero-order valence-corrected chi connectivity index (χ0v) is 18.5. The Kier molecular flexibility index (Phi) is 8.63. The number of phenols is 1. The topological polar surface area (TPSA) is 129 Å². The summed E-state index contributed by atoms with van der Waals surface area (Å²) in [5.41, 5.74) is 8.97. The fourth-order valence-electron chi connectivity index (χ4n) is 4.00. The monoisotopic (exact) mass is 427 g/mol. The molecule has 0 spiro atoms. The normalized spacial score (nSPS) is 18.8. The van der Waals surface area contributed by atoms with E-state index in [4.69, 9.17) is 21.0 Å². The second-order valence-electron chi connectivity index (χ2n) is 8.16. The largest absolute Gasteiger partial charge is 0.507 e. The van der Waals surface area contributed by atoms with Crippen molar-refractivity contribution in [3.8, 4) is 11.5 Å². The molecular formula is C21H34ClN3O4. The van der Waals surface area contributed by atoms with Crippen molar-refractivity contribution < 1.29 is 19.7 Å². The number of hydrogen-bond donors (Lipinski definition) is 5. The fraction of sp³-hybridized carbons (Fsp3) is 0.619. The third-order valence-electron chi connectivity index (χ3n) is 5.92. The average Bonchev–Trinajstić information content (AvgIpc) is 2.62. The first-order valence-electron chi connectivity index (χ1n) is 9.87. The number of nitrogens with two attached hydrogens (primary N) is 1. The maximum absolute atomic E-state index is 10.8. The van der Waals surface area contributed by atoms with E-state index in [9.17, 15) is 9.90 Å². The lowest BCUT2D eigenvalue weighted by molar-refractivity contribution is -0.137. The maximum Gasteiger partial charge on any atom is 0.303 e. The Labute approximate surface area is 178 Å². The molecule has 6 N–H and O–H groups in total. The van der Waals surface area contributed by atoms with Crippen molar-refractivity contribution in [3.05, 3.63) is 22.3 Å². The van der Waals surface area contributed by atoms with Crippen LogP contribution in [-0.2, 0) is 11.2 Å². The zero-order chi connectivity index (χ0) is 21.1. The van der Waals surface area contributed by atoms with Crippen LogP contribution in [0.4, 0.5) is 0 Å². The van der Waals surface area contributed by atoms with Gasteiger partial charge in [0.15, 0.2) is 5.96 Å². The van der Waals surface area contributed by atoms with E-state index in [0.717, 1.165) is 60.1 Å². The first-order chi connectivity index (χ1) is 13.0. The summed E-state index contributed by atoms with van der Waals surface area (Å²) in [5.74, 6) is 0.274. The van der Waals surface area contributed by atoms with Crippen LogP contribution in [0.2, 0.25) is 0 Å². The molecule has 0 saturated carbocycles. The molecule has 2 unspecified atom stereocenters. The van der Waals surface area contributed by atoms with Gasteiger partial charge >= 0.3 is 5.97 Å². The van der Waals surface area contributed by atoms with Gasteiger partial charge in [-0.15, -0.1) is 12.4 Å². The highest BCUT2D eigenvalue weighted by Crippen LogP contribution is 2.44. The number of rotatable bonds is 8. The quantitative estimate of drug-likeness (QED) is 0.317. The highest BCUT2D eigenvalue weighted by Gasteiger charge is 2.34. The van der Waals surface area contributed by atoms with E-state index in [-0.39, 0.29) is 36.4 Å². The summed E-state index contributed by atoms with van der Waals surface area (Å²) in [6, 6.07) is -0.128. The third kappa shape index (κ3) is 6.16. The van der Waals surface area contributed by atoms with Crippen LogP contribution in [0.15, 0.2) is 0 Å². The average molecular weight is 428 g/mol. The Morgan fingerprint density at radius 3 is 2.52 bits per heavy atom. The van der Waals surface area contributed by atoms with Crippen LogP contribution in [0.1, 0.15) is 67.7 Å². The molecule has 8 heteroatoms. The summed E-state index contributed by atoms with van der Waals surface area (Å²) >= 11 is 0. The van der Waals surface area contributed by atoms with Gasteiger partial charge in [-0.3, -0.25) is 10.2 Å². The predicted octanol–water partition coefficient (Wildman–Crippen LogP) is 3.71. The number of aromatic hydroxyl groups is 1. The van der Waals surface area contributed by atoms with Gasteiger partial charge in [-0.05, 0) is 82.9 Å². The van der Waals surface area contributed by atoms with Gasteiger partial charge in [0, 0.05) is 18.0 Å². The number of benzene rings is 1. The second-order valence-corrected chi connectivity index (χ2v) is 8.16. The van der Waals surface area contributed by atoms with E-state index < -0.39 is 5.97 Å². The molecule has 1 aliphatic rings. The molecule has 1 aromatic carbocycles. The second kappa shape index (κ2) is 10.1. The van der Waals surface area contributed by atoms with Crippen molar-refractivity contribution in [2.45, 2.75) is 84.3 Å². The molecule has 2 rings (SSSR count). The molecule has 1 heterocycles. The van der Waals surface area contributed by atoms with Gasteiger partial charge in [0.1, 0.15) is 17.1 Å². The lowest BCUT2D eigenvalue weighted by Crippen LogP contribution is -2.40. The summed E-state index contributed by atoms with van der Waals surface area (Å²) < 4.78 is 6.44. The molecule has 7 nitrogen and oxygen atoms in total. The first-order valence-corrected chi connectivity index (χ1v) is 9.87. The minimum Gasteiger partial charge on any atom is -0.507 e. The molecule has 0 saturated heterocycles. The van der Waals surface area contributed by atoms with Gasteiger partial charge in [0.2, 0.25) is 0 Å². The van der Waals surface area contributed by atoms with Crippen molar-refractivity contribution in [3.63, 3.8) is 0 Å². The molecule has 0 amide bonds. The standard InChI is InChI=1S/C21H33N3O4.ClH/c1-12-13(2)19-16(14(3)18(12)27)9-11-21(4,28-19)10-5-6-15(24-20(22)23)7-8-17(25)26;/h15,27H,5-11H2,1-4H3,(H,25,26)(H4,22,23,24);1H. The number of carbonyl (C=O) groups is 1. The van der Waals surface area contributed by atoms with E-state index >= 15 is 0 Å². The number of carboxylic acids is 1. The first kappa shape index (κ1) is 24.9. The Hall–Kier alpha value is -2.15. The Morgan fingerprint density at radius 2 is 1.93 bits per heavy atom. The van der Waals surface area contributed by atoms with Crippen LogP contribution in [0.5, 0.6) is 11.5 Å². The number of hydrogen-bond acceptors (Lipinski definition) is 4. The summed E-state index contributed by atoms with van der Waals surface area (Å²) in [6.45, 7) is 7.94. The number of phenolic OH excluding ortho intramolecular Hbond substituents is 1. The molecule has 164 valence electrons. The summed E-state index contributed by atoms with van der Waals surface area (Å²) in [6.07, 6.45) is 4.60. The minimum absolute atomic E-state index is 0. The molecule has 0 aliphatic carbocycles. The van der Waals surface area contributed by atoms with E-state index in [1.807, 2.05) is 20.8 Å². The van der Waals surface area contributed by atoms with E-state index in [1.165, 1.54) is 0 Å². The zero-order valence-electron chi connectivity index (χ0n) is 17.7. The van der Waals surface area contributed by atoms with Crippen molar-refractivity contribution in [1.82, 2.24) is 5.32 Å². The van der Waals surface area contributed by atoms with Crippen molar-refractivity contribution in [2.75, 3.05) is 0 Å². The summed E-state index contributed by atoms with van der Waals surface area (Å²) in [4.78, 5) is 10.8. The van der Waals surface area contributed by atoms with Gasteiger partial charge in [-0.25, -0.2) is 0 Å². The van der Waals surface area contributed by atoms with Crippen LogP contribution in [0, 0.1) is 26.2 Å². The number of nitrogens with one attached hydrogen (secondary N) is 2. The number of aliphatic carboxylic acids is 1. The number of ether oxygens (including phenoxy) is 1. The Bertz CT molecular complexity index is 769. The van der Waals surface area contributed by atoms with Gasteiger partial charge in [-0.1, -0.05) is 0 Å². The number of fused-ring (bicyclic) bond motifs is 1. The molecule has 1 aliphatic heterocycles. The van der Waals surface area contributed by atoms with Gasteiger partial charge in [0.25, 0.3) is 0 Å². The van der Waals surface area contributed by atoms with Crippen molar-refractivity contribution in [1.29, 1.82) is 5.41 Å². The maximum atomic E-state index is 10.8. The third-order valence-corrected chi connectivity index (χ3v) is 5.92. The van der Waals surface area contributed by atoms with E-state index in [2.05, 4.69) is 12.2 Å². The lowest BCUT2D eigenvalue weighted by Gasteiger charge is -2.38. The number of carboxylic acid groups (broad SMARTS) is 1. The molecule has 2 atom stereocenters. The van der Waals surface area contributed by atoms with Crippen LogP contribution in [0.25, 0.3) is 0 Å². The highest BCUT2D eigenvalue weighted by atomic mass is 35.5. The molecular weight excluding hydrogens is 394 g/mol. The van der Waals surface area contributed by atoms with Crippen LogP contribution < -0.4 is 15.8 Å². The lowest BCUT2D eigenvalue weighted by atomic mass is 9.84. The Balaban J connectivity index is 0.00000420. The van der Waals surface area contributed by atoms with Crippen LogP contribution in [-0.4, -0.2) is 33.8 Å². The highest BCUT2D eigenvalue weighted by molar-refractivity contribution is 5.85. The molecule has 1 aromatic rings. The fourth-order valence-corrected chi connectivity index (χ4v) is 4.00. The summed E-state index contributed by atoms with van der Waals surface area (Å²) in [5, 5.41) is 29.5. The van der Waals surface area contributed by atoms with Gasteiger partial charge < -0.3 is 26.0 Å². The molecule has 0 bridgehead atoms. The molecule has 29 heavy (non-hydrogen) atoms. The molecule has 0 radical (unpaired) electrons. The number of halogens is 1. The van der Waals surface area contributed by atoms with Gasteiger partial charge in [0.05, 0.1) is 0 Å². The molecule has 0 aromatic heterocycles. The smallest absolute Gasteiger partial charge is 0.303 e. The minimum atomic E-state index is -0.848. The summed E-state index contributed by atoms with van der Waals surface area (Å²) in [7, 11) is 0. The van der Waals surface area contributed by atoms with Crippen LogP contribution >= 0.6 is 12.4 Å². The Morgan fingerprint density at radius 1 is 1.28 bits per heavy atom. The van der Waals surface area contributed by atoms with E-state index in [1.54, 1.807) is 0 Å². The van der Waals surface area contributed by atoms with Crippen LogP contribution in [0.3, 0.4) is 0 Å².